The third-order valence-electron chi connectivity index (χ3n) is 5.44. The predicted octanol–water partition coefficient (Wildman–Crippen LogP) is 4.45. The first kappa shape index (κ1) is 32.2. The van der Waals surface area contributed by atoms with Gasteiger partial charge in [-0.3, -0.25) is 28.8 Å². The molecular weight excluding hydrogens is 550 g/mol. The SMILES string of the molecule is CCCCCC(=O)OCOC(COc1ccc(CC2SC(=O)NC2=O)cc1)c1ccc(C)cc1.O=S(=O)(O)O. The number of hydrogen-bond donors (Lipinski definition) is 3. The van der Waals surface area contributed by atoms with Crippen molar-refractivity contribution in [3.05, 3.63) is 65.2 Å². The highest BCUT2D eigenvalue weighted by Gasteiger charge is 2.31. The maximum Gasteiger partial charge on any atom is 0.394 e. The van der Waals surface area contributed by atoms with Gasteiger partial charge in [-0.1, -0.05) is 73.5 Å². The van der Waals surface area contributed by atoms with Crippen molar-refractivity contribution < 1.29 is 46.1 Å². The van der Waals surface area contributed by atoms with E-state index in [1.165, 1.54) is 0 Å². The lowest BCUT2D eigenvalue weighted by molar-refractivity contribution is -0.163. The van der Waals surface area contributed by atoms with Crippen LogP contribution in [0.25, 0.3) is 0 Å². The third-order valence-corrected chi connectivity index (χ3v) is 6.42. The second kappa shape index (κ2) is 16.2. The first-order chi connectivity index (χ1) is 18.4. The molecule has 1 fully saturated rings. The Bertz CT molecular complexity index is 1180. The van der Waals surface area contributed by atoms with Gasteiger partial charge in [-0.2, -0.15) is 8.42 Å². The smallest absolute Gasteiger partial charge is 0.394 e. The first-order valence-corrected chi connectivity index (χ1v) is 14.5. The fourth-order valence-corrected chi connectivity index (χ4v) is 4.29. The van der Waals surface area contributed by atoms with Crippen molar-refractivity contribution in [1.82, 2.24) is 5.32 Å². The van der Waals surface area contributed by atoms with Gasteiger partial charge in [0.05, 0.1) is 5.25 Å². The molecule has 1 saturated heterocycles. The largest absolute Gasteiger partial charge is 0.491 e. The van der Waals surface area contributed by atoms with Crippen molar-refractivity contribution in [2.75, 3.05) is 13.4 Å². The van der Waals surface area contributed by atoms with E-state index in [9.17, 15) is 14.4 Å². The molecular formula is C26H33NO10S2. The predicted molar refractivity (Wildman–Crippen MR) is 145 cm³/mol. The molecule has 39 heavy (non-hydrogen) atoms. The van der Waals surface area contributed by atoms with E-state index in [2.05, 4.69) is 12.2 Å². The third kappa shape index (κ3) is 13.6. The van der Waals surface area contributed by atoms with Gasteiger partial charge in [0.2, 0.25) is 5.91 Å². The number of esters is 1. The van der Waals surface area contributed by atoms with E-state index in [1.807, 2.05) is 55.5 Å². The van der Waals surface area contributed by atoms with Gasteiger partial charge in [0.1, 0.15) is 18.5 Å². The van der Waals surface area contributed by atoms with Crippen molar-refractivity contribution in [2.24, 2.45) is 0 Å². The average Bonchev–Trinajstić information content (AvgIpc) is 3.18. The summed E-state index contributed by atoms with van der Waals surface area (Å²) in [6, 6.07) is 15.4. The van der Waals surface area contributed by atoms with E-state index in [4.69, 9.17) is 31.7 Å². The molecule has 2 aromatic carbocycles. The minimum atomic E-state index is -4.67. The molecule has 0 saturated carbocycles. The normalized spacial score (nSPS) is 15.6. The lowest BCUT2D eigenvalue weighted by Gasteiger charge is -2.19. The number of ether oxygens (including phenoxy) is 3. The van der Waals surface area contributed by atoms with Crippen molar-refractivity contribution in [1.29, 1.82) is 0 Å². The molecule has 2 amide bonds. The Morgan fingerprint density at radius 2 is 1.69 bits per heavy atom. The van der Waals surface area contributed by atoms with E-state index in [0.29, 0.717) is 18.6 Å². The minimum absolute atomic E-state index is 0.133. The van der Waals surface area contributed by atoms with E-state index in [-0.39, 0.29) is 30.5 Å². The van der Waals surface area contributed by atoms with Crippen molar-refractivity contribution >= 4 is 39.3 Å². The maximum absolute atomic E-state index is 11.9. The van der Waals surface area contributed by atoms with Crippen LogP contribution in [0.15, 0.2) is 48.5 Å². The molecule has 2 atom stereocenters. The standard InChI is InChI=1S/C26H31NO6S.H2O4S/c1-3-4-5-6-24(28)33-17-32-22(20-11-7-18(2)8-12-20)16-31-21-13-9-19(10-14-21)15-23-25(29)27-26(30)34-23;1-5(2,3)4/h7-14,22-23H,3-6,15-17H2,1-2H3,(H,27,29,30);(H2,1,2,3,4). The molecule has 1 heterocycles. The number of aryl methyl sites for hydroxylation is 1. The summed E-state index contributed by atoms with van der Waals surface area (Å²) in [4.78, 5) is 35.0. The Labute approximate surface area is 232 Å². The quantitative estimate of drug-likeness (QED) is 0.132. The minimum Gasteiger partial charge on any atom is -0.491 e. The van der Waals surface area contributed by atoms with E-state index >= 15 is 0 Å². The highest BCUT2D eigenvalue weighted by atomic mass is 32.3. The number of carbonyl (C=O) groups excluding carboxylic acids is 3. The van der Waals surface area contributed by atoms with Crippen LogP contribution in [0.4, 0.5) is 4.79 Å². The maximum atomic E-state index is 11.9. The summed E-state index contributed by atoms with van der Waals surface area (Å²) in [6.45, 7) is 4.21. The molecule has 11 nitrogen and oxygen atoms in total. The van der Waals surface area contributed by atoms with Gasteiger partial charge < -0.3 is 14.2 Å². The van der Waals surface area contributed by atoms with Crippen LogP contribution < -0.4 is 10.1 Å². The summed E-state index contributed by atoms with van der Waals surface area (Å²) in [5, 5.41) is 1.60. The summed E-state index contributed by atoms with van der Waals surface area (Å²) in [5.41, 5.74) is 3.01. The van der Waals surface area contributed by atoms with Crippen molar-refractivity contribution in [2.45, 2.75) is 57.3 Å². The van der Waals surface area contributed by atoms with Crippen LogP contribution >= 0.6 is 11.8 Å². The van der Waals surface area contributed by atoms with Gasteiger partial charge >= 0.3 is 16.4 Å². The fraction of sp³-hybridized carbons (Fsp3) is 0.423. The summed E-state index contributed by atoms with van der Waals surface area (Å²) in [6.07, 6.45) is 3.32. The Hall–Kier alpha value is -2.97. The fourth-order valence-electron chi connectivity index (χ4n) is 3.43. The lowest BCUT2D eigenvalue weighted by Crippen LogP contribution is -2.25. The Morgan fingerprint density at radius 1 is 1.05 bits per heavy atom. The van der Waals surface area contributed by atoms with Gasteiger partial charge in [0.15, 0.2) is 6.79 Å². The number of unbranched alkanes of at least 4 members (excludes halogenated alkanes) is 2. The van der Waals surface area contributed by atoms with Crippen LogP contribution in [0, 0.1) is 6.92 Å². The molecule has 1 aliphatic heterocycles. The van der Waals surface area contributed by atoms with Gasteiger partial charge in [-0.15, -0.1) is 0 Å². The molecule has 3 N–H and O–H groups in total. The lowest BCUT2D eigenvalue weighted by atomic mass is 10.1. The zero-order valence-corrected chi connectivity index (χ0v) is 23.3. The molecule has 13 heteroatoms. The molecule has 214 valence electrons. The number of hydrogen-bond acceptors (Lipinski definition) is 9. The van der Waals surface area contributed by atoms with Crippen molar-refractivity contribution in [3.8, 4) is 5.75 Å². The number of rotatable bonds is 13. The summed E-state index contributed by atoms with van der Waals surface area (Å²) in [5.74, 6) is 0.142. The molecule has 2 unspecified atom stereocenters. The number of thioether (sulfide) groups is 1. The molecule has 0 aromatic heterocycles. The van der Waals surface area contributed by atoms with Crippen LogP contribution in [-0.4, -0.2) is 53.3 Å². The van der Waals surface area contributed by atoms with Gasteiger partial charge in [-0.25, -0.2) is 0 Å². The number of amides is 2. The van der Waals surface area contributed by atoms with Crippen molar-refractivity contribution in [3.63, 3.8) is 0 Å². The zero-order valence-electron chi connectivity index (χ0n) is 21.7. The van der Waals surface area contributed by atoms with E-state index in [0.717, 1.165) is 47.7 Å². The molecule has 0 spiro atoms. The summed E-state index contributed by atoms with van der Waals surface area (Å²) in [7, 11) is -4.67. The van der Waals surface area contributed by atoms with Crippen LogP contribution in [0.5, 0.6) is 5.75 Å². The Kier molecular flexibility index (Phi) is 13.4. The number of nitrogens with one attached hydrogen (secondary N) is 1. The average molecular weight is 584 g/mol. The molecule has 1 aliphatic rings. The molecule has 3 rings (SSSR count). The topological polar surface area (TPSA) is 166 Å². The van der Waals surface area contributed by atoms with Gasteiger partial charge in [0, 0.05) is 6.42 Å². The molecule has 0 bridgehead atoms. The van der Waals surface area contributed by atoms with Gasteiger partial charge in [-0.05, 0) is 43.0 Å². The second-order valence-electron chi connectivity index (χ2n) is 8.65. The number of imide groups is 1. The first-order valence-electron chi connectivity index (χ1n) is 12.2. The molecule has 0 aliphatic carbocycles. The number of benzene rings is 2. The Balaban J connectivity index is 0.000000976. The number of carbonyl (C=O) groups is 3. The van der Waals surface area contributed by atoms with Crippen LogP contribution in [-0.2, 0) is 35.9 Å². The monoisotopic (exact) mass is 583 g/mol. The van der Waals surface area contributed by atoms with E-state index < -0.39 is 21.8 Å². The van der Waals surface area contributed by atoms with Gasteiger partial charge in [0.25, 0.3) is 5.24 Å². The van der Waals surface area contributed by atoms with Crippen LogP contribution in [0.3, 0.4) is 0 Å². The van der Waals surface area contributed by atoms with Crippen LogP contribution in [0.2, 0.25) is 0 Å². The Morgan fingerprint density at radius 3 is 2.26 bits per heavy atom. The second-order valence-corrected chi connectivity index (χ2v) is 10.7. The summed E-state index contributed by atoms with van der Waals surface area (Å²) < 4.78 is 48.6. The highest BCUT2D eigenvalue weighted by molar-refractivity contribution is 8.15. The highest BCUT2D eigenvalue weighted by Crippen LogP contribution is 2.25. The molecule has 0 radical (unpaired) electrons. The summed E-state index contributed by atoms with van der Waals surface area (Å²) >= 11 is 1.02. The molecule has 2 aromatic rings. The van der Waals surface area contributed by atoms with E-state index in [1.54, 1.807) is 0 Å². The zero-order chi connectivity index (χ0) is 28.8. The van der Waals surface area contributed by atoms with Crippen LogP contribution in [0.1, 0.15) is 55.4 Å².